The Morgan fingerprint density at radius 2 is 2.06 bits per heavy atom. The lowest BCUT2D eigenvalue weighted by molar-refractivity contribution is -0.118. The minimum Gasteiger partial charge on any atom is -0.274 e. The molecule has 80 valence electrons. The van der Waals surface area contributed by atoms with Crippen LogP contribution in [0.2, 0.25) is 0 Å². The summed E-state index contributed by atoms with van der Waals surface area (Å²) in [5.41, 5.74) is 2.17. The van der Waals surface area contributed by atoms with Crippen molar-refractivity contribution in [3.8, 4) is 0 Å². The Morgan fingerprint density at radius 1 is 1.19 bits per heavy atom. The summed E-state index contributed by atoms with van der Waals surface area (Å²) >= 11 is 0. The highest BCUT2D eigenvalue weighted by molar-refractivity contribution is 6.02. The van der Waals surface area contributed by atoms with Gasteiger partial charge in [0.1, 0.15) is 5.82 Å². The third kappa shape index (κ3) is 1.31. The molecule has 0 aliphatic carbocycles. The summed E-state index contributed by atoms with van der Waals surface area (Å²) < 4.78 is 0. The molecule has 1 N–H and O–H groups in total. The maximum absolute atomic E-state index is 11.9. The van der Waals surface area contributed by atoms with Crippen LogP contribution in [0, 0.1) is 0 Å². The van der Waals surface area contributed by atoms with Gasteiger partial charge >= 0.3 is 0 Å². The highest BCUT2D eigenvalue weighted by Crippen LogP contribution is 2.32. The second-order valence-electron chi connectivity index (χ2n) is 3.80. The van der Waals surface area contributed by atoms with Crippen molar-refractivity contribution in [3.05, 3.63) is 42.1 Å². The van der Waals surface area contributed by atoms with E-state index >= 15 is 0 Å². The highest BCUT2D eigenvalue weighted by atomic mass is 16.2. The maximum atomic E-state index is 11.9. The Labute approximate surface area is 92.9 Å². The molecule has 1 aromatic heterocycles. The number of nitrogens with zero attached hydrogens (tertiary/aromatic N) is 2. The number of hydrogen-bond donors (Lipinski definition) is 1. The van der Waals surface area contributed by atoms with Crippen LogP contribution in [0.5, 0.6) is 0 Å². The maximum Gasteiger partial charge on any atom is 0.233 e. The van der Waals surface area contributed by atoms with Gasteiger partial charge < -0.3 is 0 Å². The predicted molar refractivity (Wildman–Crippen MR) is 60.5 cm³/mol. The Kier molecular flexibility index (Phi) is 1.99. The molecule has 0 radical (unpaired) electrons. The summed E-state index contributed by atoms with van der Waals surface area (Å²) in [7, 11) is 0. The van der Waals surface area contributed by atoms with Crippen molar-refractivity contribution in [2.75, 3.05) is 4.90 Å². The molecule has 3 rings (SSSR count). The third-order valence-corrected chi connectivity index (χ3v) is 2.82. The van der Waals surface area contributed by atoms with Crippen molar-refractivity contribution in [1.82, 2.24) is 10.2 Å². The van der Waals surface area contributed by atoms with Crippen LogP contribution in [0.15, 0.2) is 36.5 Å². The summed E-state index contributed by atoms with van der Waals surface area (Å²) in [5, 5.41) is 6.72. The molecule has 2 heterocycles. The quantitative estimate of drug-likeness (QED) is 0.787. The molecule has 4 heteroatoms. The normalized spacial score (nSPS) is 15.0. The van der Waals surface area contributed by atoms with E-state index in [1.54, 1.807) is 17.2 Å². The lowest BCUT2D eigenvalue weighted by atomic mass is 10.0. The summed E-state index contributed by atoms with van der Waals surface area (Å²) in [6.07, 6.45) is 3.02. The zero-order valence-corrected chi connectivity index (χ0v) is 8.68. The molecule has 1 aromatic carbocycles. The summed E-state index contributed by atoms with van der Waals surface area (Å²) in [4.78, 5) is 13.6. The fraction of sp³-hybridized carbons (Fsp3) is 0.167. The number of amides is 1. The van der Waals surface area contributed by atoms with E-state index in [1.165, 1.54) is 5.56 Å². The number of fused-ring (bicyclic) bond motifs is 1. The molecule has 0 bridgehead atoms. The first-order valence-corrected chi connectivity index (χ1v) is 5.26. The van der Waals surface area contributed by atoms with Gasteiger partial charge in [-0.25, -0.2) is 0 Å². The highest BCUT2D eigenvalue weighted by Gasteiger charge is 2.25. The summed E-state index contributed by atoms with van der Waals surface area (Å²) in [6, 6.07) is 9.78. The molecule has 4 nitrogen and oxygen atoms in total. The van der Waals surface area contributed by atoms with E-state index in [2.05, 4.69) is 16.3 Å². The van der Waals surface area contributed by atoms with Crippen LogP contribution >= 0.6 is 0 Å². The Balaban J connectivity index is 2.14. The molecule has 0 saturated carbocycles. The van der Waals surface area contributed by atoms with Gasteiger partial charge in [-0.1, -0.05) is 18.2 Å². The first kappa shape index (κ1) is 9.15. The second kappa shape index (κ2) is 3.48. The number of carbonyl (C=O) groups excluding carboxylic acids is 1. The van der Waals surface area contributed by atoms with Gasteiger partial charge in [0.05, 0.1) is 11.9 Å². The van der Waals surface area contributed by atoms with Crippen molar-refractivity contribution in [1.29, 1.82) is 0 Å². The van der Waals surface area contributed by atoms with Gasteiger partial charge in [0.2, 0.25) is 5.91 Å². The number of hydrogen-bond acceptors (Lipinski definition) is 2. The average molecular weight is 213 g/mol. The molecule has 0 fully saturated rings. The van der Waals surface area contributed by atoms with E-state index in [0.29, 0.717) is 6.42 Å². The smallest absolute Gasteiger partial charge is 0.233 e. The average Bonchev–Trinajstić information content (AvgIpc) is 2.82. The van der Waals surface area contributed by atoms with Gasteiger partial charge in [-0.15, -0.1) is 0 Å². The molecule has 1 amide bonds. The number of aryl methyl sites for hydroxylation is 1. The molecule has 0 saturated heterocycles. The zero-order valence-electron chi connectivity index (χ0n) is 8.68. The predicted octanol–water partition coefficient (Wildman–Crippen LogP) is 2.02. The van der Waals surface area contributed by atoms with Crippen molar-refractivity contribution in [2.45, 2.75) is 12.8 Å². The largest absolute Gasteiger partial charge is 0.274 e. The molecular formula is C12H11N3O. The first-order valence-electron chi connectivity index (χ1n) is 5.26. The fourth-order valence-electron chi connectivity index (χ4n) is 2.07. The molecule has 0 spiro atoms. The second-order valence-corrected chi connectivity index (χ2v) is 3.80. The van der Waals surface area contributed by atoms with Crippen LogP contribution in [0.4, 0.5) is 11.5 Å². The molecule has 1 aliphatic heterocycles. The zero-order chi connectivity index (χ0) is 11.0. The van der Waals surface area contributed by atoms with Crippen LogP contribution in [-0.4, -0.2) is 16.1 Å². The van der Waals surface area contributed by atoms with Crippen molar-refractivity contribution in [3.63, 3.8) is 0 Å². The van der Waals surface area contributed by atoms with Crippen LogP contribution in [0.1, 0.15) is 12.0 Å². The van der Waals surface area contributed by atoms with Gasteiger partial charge in [0.25, 0.3) is 0 Å². The van der Waals surface area contributed by atoms with Crippen LogP contribution in [0.3, 0.4) is 0 Å². The topological polar surface area (TPSA) is 49.0 Å². The lowest BCUT2D eigenvalue weighted by Crippen LogP contribution is -2.30. The van der Waals surface area contributed by atoms with E-state index in [9.17, 15) is 4.79 Å². The van der Waals surface area contributed by atoms with Crippen LogP contribution in [0.25, 0.3) is 0 Å². The van der Waals surface area contributed by atoms with E-state index in [4.69, 9.17) is 0 Å². The van der Waals surface area contributed by atoms with Crippen LogP contribution < -0.4 is 4.90 Å². The molecule has 2 aromatic rings. The van der Waals surface area contributed by atoms with Gasteiger partial charge in [-0.05, 0) is 18.1 Å². The van der Waals surface area contributed by atoms with Crippen LogP contribution in [-0.2, 0) is 11.2 Å². The minimum absolute atomic E-state index is 0.114. The van der Waals surface area contributed by atoms with E-state index in [1.807, 2.05) is 18.2 Å². The monoisotopic (exact) mass is 213 g/mol. The Hall–Kier alpha value is -2.10. The van der Waals surface area contributed by atoms with Gasteiger partial charge in [0.15, 0.2) is 0 Å². The summed E-state index contributed by atoms with van der Waals surface area (Å²) in [6.45, 7) is 0. The first-order chi connectivity index (χ1) is 7.86. The third-order valence-electron chi connectivity index (χ3n) is 2.82. The van der Waals surface area contributed by atoms with E-state index in [-0.39, 0.29) is 5.91 Å². The standard InChI is InChI=1S/C12H11N3O/c16-12-6-5-9-3-1-2-4-10(9)15(12)11-7-8-13-14-11/h1-4,7-8H,5-6H2,(H,13,14). The summed E-state index contributed by atoms with van der Waals surface area (Å²) in [5.74, 6) is 0.847. The van der Waals surface area contributed by atoms with E-state index < -0.39 is 0 Å². The number of anilines is 2. The number of aromatic nitrogens is 2. The molecule has 1 aliphatic rings. The minimum atomic E-state index is 0.114. The Morgan fingerprint density at radius 3 is 2.88 bits per heavy atom. The molecular weight excluding hydrogens is 202 g/mol. The number of carbonyl (C=O) groups is 1. The number of rotatable bonds is 1. The number of nitrogens with one attached hydrogen (secondary N) is 1. The SMILES string of the molecule is O=C1CCc2ccccc2N1c1ccn[nH]1. The van der Waals surface area contributed by atoms with Crippen molar-refractivity contribution >= 4 is 17.4 Å². The van der Waals surface area contributed by atoms with Crippen molar-refractivity contribution < 1.29 is 4.79 Å². The number of H-pyrrole nitrogens is 1. The number of aromatic amines is 1. The lowest BCUT2D eigenvalue weighted by Gasteiger charge is -2.27. The Bertz CT molecular complexity index is 519. The number of para-hydroxylation sites is 1. The van der Waals surface area contributed by atoms with Crippen molar-refractivity contribution in [2.24, 2.45) is 0 Å². The van der Waals surface area contributed by atoms with Gasteiger partial charge in [-0.3, -0.25) is 14.8 Å². The molecule has 16 heavy (non-hydrogen) atoms. The molecule has 0 unspecified atom stereocenters. The van der Waals surface area contributed by atoms with Gasteiger partial charge in [-0.2, -0.15) is 5.10 Å². The van der Waals surface area contributed by atoms with E-state index in [0.717, 1.165) is 17.9 Å². The number of benzene rings is 1. The molecule has 0 atom stereocenters. The fourth-order valence-corrected chi connectivity index (χ4v) is 2.07. The van der Waals surface area contributed by atoms with Gasteiger partial charge in [0, 0.05) is 12.5 Å².